The zero-order valence-electron chi connectivity index (χ0n) is 17.1. The predicted molar refractivity (Wildman–Crippen MR) is 114 cm³/mol. The van der Waals surface area contributed by atoms with Gasteiger partial charge in [-0.2, -0.15) is 4.98 Å². The van der Waals surface area contributed by atoms with Crippen molar-refractivity contribution in [2.45, 2.75) is 31.7 Å². The summed E-state index contributed by atoms with van der Waals surface area (Å²) in [5.74, 6) is 0.00420. The fourth-order valence-electron chi connectivity index (χ4n) is 3.20. The van der Waals surface area contributed by atoms with E-state index in [1.54, 1.807) is 13.0 Å². The first-order valence-electron chi connectivity index (χ1n) is 9.55. The van der Waals surface area contributed by atoms with Gasteiger partial charge in [-0.05, 0) is 36.8 Å². The third-order valence-corrected chi connectivity index (χ3v) is 6.59. The van der Waals surface area contributed by atoms with Gasteiger partial charge in [-0.25, -0.2) is 12.8 Å². The van der Waals surface area contributed by atoms with E-state index in [1.807, 2.05) is 6.92 Å². The normalized spacial score (nSPS) is 13.6. The Balaban J connectivity index is 1.66. The second-order valence-corrected chi connectivity index (χ2v) is 9.10. The second kappa shape index (κ2) is 8.40. The van der Waals surface area contributed by atoms with Crippen LogP contribution in [0.3, 0.4) is 0 Å². The summed E-state index contributed by atoms with van der Waals surface area (Å²) in [5.41, 5.74) is 0.871. The molecule has 12 heteroatoms. The number of aryl methyl sites for hydroxylation is 2. The van der Waals surface area contributed by atoms with E-state index in [1.165, 1.54) is 23.1 Å². The van der Waals surface area contributed by atoms with E-state index in [0.717, 1.165) is 6.07 Å². The number of carbonyl (C=O) groups is 1. The van der Waals surface area contributed by atoms with Gasteiger partial charge in [0.2, 0.25) is 5.89 Å². The van der Waals surface area contributed by atoms with E-state index in [4.69, 9.17) is 20.9 Å². The molecule has 0 spiro atoms. The molecule has 9 nitrogen and oxygen atoms in total. The fraction of sp³-hybridized carbons (Fsp3) is 0.250. The molecule has 1 aliphatic heterocycles. The molecule has 168 valence electrons. The first-order chi connectivity index (χ1) is 15.2. The van der Waals surface area contributed by atoms with Crippen LogP contribution < -0.4 is 14.4 Å². The zero-order chi connectivity index (χ0) is 23.0. The molecule has 2 heterocycles. The van der Waals surface area contributed by atoms with Crippen LogP contribution in [0.1, 0.15) is 24.2 Å². The lowest BCUT2D eigenvalue weighted by molar-refractivity contribution is -0.121. The number of rotatable bonds is 6. The summed E-state index contributed by atoms with van der Waals surface area (Å²) >= 11 is 5.74. The summed E-state index contributed by atoms with van der Waals surface area (Å²) in [6, 6.07) is 6.38. The number of amides is 1. The number of anilines is 2. The lowest BCUT2D eigenvalue weighted by Crippen LogP contribution is -2.38. The Labute approximate surface area is 188 Å². The Kier molecular flexibility index (Phi) is 5.78. The highest BCUT2D eigenvalue weighted by molar-refractivity contribution is 7.92. The molecule has 0 saturated carbocycles. The second-order valence-electron chi connectivity index (χ2n) is 7.05. The molecular weight excluding hydrogens is 463 g/mol. The lowest BCUT2D eigenvalue weighted by atomic mass is 10.1. The molecule has 1 N–H and O–H groups in total. The highest BCUT2D eigenvalue weighted by atomic mass is 35.5. The number of fused-ring (bicyclic) bond motifs is 1. The number of halogens is 2. The minimum atomic E-state index is -4.05. The van der Waals surface area contributed by atoms with Crippen molar-refractivity contribution in [2.75, 3.05) is 16.2 Å². The highest BCUT2D eigenvalue weighted by Gasteiger charge is 2.30. The van der Waals surface area contributed by atoms with Gasteiger partial charge in [0.1, 0.15) is 11.6 Å². The van der Waals surface area contributed by atoms with Crippen LogP contribution in [0.5, 0.6) is 5.75 Å². The Bertz CT molecular complexity index is 1310. The van der Waals surface area contributed by atoms with Gasteiger partial charge >= 0.3 is 0 Å². The number of benzene rings is 2. The van der Waals surface area contributed by atoms with E-state index < -0.39 is 15.8 Å². The topological polar surface area (TPSA) is 115 Å². The van der Waals surface area contributed by atoms with Gasteiger partial charge in [0, 0.05) is 12.5 Å². The maximum Gasteiger partial charge on any atom is 0.265 e. The van der Waals surface area contributed by atoms with Crippen molar-refractivity contribution in [1.29, 1.82) is 0 Å². The van der Waals surface area contributed by atoms with Crippen molar-refractivity contribution >= 4 is 38.9 Å². The van der Waals surface area contributed by atoms with Gasteiger partial charge in [0.05, 0.1) is 27.8 Å². The summed E-state index contributed by atoms with van der Waals surface area (Å²) < 4.78 is 52.2. The number of hydrogen-bond donors (Lipinski definition) is 1. The van der Waals surface area contributed by atoms with Gasteiger partial charge < -0.3 is 9.26 Å². The third-order valence-electron chi connectivity index (χ3n) is 4.77. The molecule has 32 heavy (non-hydrogen) atoms. The molecule has 1 aromatic heterocycles. The summed E-state index contributed by atoms with van der Waals surface area (Å²) in [4.78, 5) is 18.0. The molecule has 1 amide bonds. The predicted octanol–water partition coefficient (Wildman–Crippen LogP) is 3.46. The summed E-state index contributed by atoms with van der Waals surface area (Å²) in [7, 11) is -4.05. The molecule has 2 aromatic carbocycles. The smallest absolute Gasteiger partial charge is 0.265 e. The van der Waals surface area contributed by atoms with E-state index >= 15 is 0 Å². The summed E-state index contributed by atoms with van der Waals surface area (Å²) in [6.45, 7) is 3.24. The molecule has 0 atom stereocenters. The quantitative estimate of drug-likeness (QED) is 0.574. The van der Waals surface area contributed by atoms with Crippen LogP contribution in [0, 0.1) is 12.7 Å². The van der Waals surface area contributed by atoms with Crippen molar-refractivity contribution < 1.29 is 26.9 Å². The van der Waals surface area contributed by atoms with Crippen LogP contribution in [0.2, 0.25) is 5.02 Å². The minimum absolute atomic E-state index is 0.0521. The molecule has 0 saturated heterocycles. The van der Waals surface area contributed by atoms with Crippen LogP contribution in [-0.4, -0.2) is 31.1 Å². The molecule has 4 rings (SSSR count). The highest BCUT2D eigenvalue weighted by Crippen LogP contribution is 2.37. The SMILES string of the molecule is CCc1nc(CN2C(=O)COc3cc(S(=O)(=O)Nc4ccc(F)c(Cl)c4)c(C)cc32)no1. The monoisotopic (exact) mass is 480 g/mol. The number of sulfonamides is 1. The molecule has 0 aliphatic carbocycles. The molecule has 1 aliphatic rings. The standard InChI is InChI=1S/C20H18ClFN4O5S/c1-3-19-23-18(24-31-19)9-26-15-6-11(2)17(8-16(15)30-10-20(26)27)32(28,29)25-12-4-5-14(22)13(21)7-12/h4-8,25H,3,9-10H2,1-2H3. The van der Waals surface area contributed by atoms with Gasteiger partial charge in [-0.1, -0.05) is 23.7 Å². The number of carbonyl (C=O) groups excluding carboxylic acids is 1. The van der Waals surface area contributed by atoms with Gasteiger partial charge in [-0.15, -0.1) is 0 Å². The summed E-state index contributed by atoms with van der Waals surface area (Å²) in [5, 5.41) is 3.65. The molecular formula is C20H18ClFN4O5S. The molecule has 0 unspecified atom stereocenters. The largest absolute Gasteiger partial charge is 0.482 e. The lowest BCUT2D eigenvalue weighted by Gasteiger charge is -2.29. The maximum absolute atomic E-state index is 13.4. The first-order valence-corrected chi connectivity index (χ1v) is 11.4. The Morgan fingerprint density at radius 1 is 1.28 bits per heavy atom. The van der Waals surface area contributed by atoms with Crippen molar-refractivity contribution in [2.24, 2.45) is 0 Å². The maximum atomic E-state index is 13.4. The van der Waals surface area contributed by atoms with Crippen molar-refractivity contribution in [3.8, 4) is 5.75 Å². The number of nitrogens with one attached hydrogen (secondary N) is 1. The Morgan fingerprint density at radius 3 is 2.75 bits per heavy atom. The van der Waals surface area contributed by atoms with E-state index in [-0.39, 0.29) is 40.4 Å². The van der Waals surface area contributed by atoms with Crippen LogP contribution in [-0.2, 0) is 27.8 Å². The zero-order valence-corrected chi connectivity index (χ0v) is 18.6. The third kappa shape index (κ3) is 4.26. The van der Waals surface area contributed by atoms with Crippen molar-refractivity contribution in [3.05, 3.63) is 58.5 Å². The van der Waals surface area contributed by atoms with E-state index in [0.29, 0.717) is 29.4 Å². The van der Waals surface area contributed by atoms with Crippen LogP contribution >= 0.6 is 11.6 Å². The van der Waals surface area contributed by atoms with Crippen molar-refractivity contribution in [3.63, 3.8) is 0 Å². The molecule has 3 aromatic rings. The molecule has 0 bridgehead atoms. The molecule has 0 fully saturated rings. The molecule has 0 radical (unpaired) electrons. The number of ether oxygens (including phenoxy) is 1. The first kappa shape index (κ1) is 22.0. The Hall–Kier alpha value is -3.18. The fourth-order valence-corrected chi connectivity index (χ4v) is 4.68. The van der Waals surface area contributed by atoms with Gasteiger partial charge in [-0.3, -0.25) is 14.4 Å². The average Bonchev–Trinajstić information content (AvgIpc) is 3.20. The number of aromatic nitrogens is 2. The van der Waals surface area contributed by atoms with E-state index in [2.05, 4.69) is 14.9 Å². The minimum Gasteiger partial charge on any atom is -0.482 e. The Morgan fingerprint density at radius 2 is 2.06 bits per heavy atom. The van der Waals surface area contributed by atoms with Gasteiger partial charge in [0.15, 0.2) is 12.4 Å². The van der Waals surface area contributed by atoms with Crippen LogP contribution in [0.25, 0.3) is 0 Å². The van der Waals surface area contributed by atoms with Crippen LogP contribution in [0.15, 0.2) is 39.8 Å². The number of nitrogens with zero attached hydrogens (tertiary/aromatic N) is 3. The average molecular weight is 481 g/mol. The summed E-state index contributed by atoms with van der Waals surface area (Å²) in [6.07, 6.45) is 0.563. The number of hydrogen-bond acceptors (Lipinski definition) is 7. The van der Waals surface area contributed by atoms with Crippen molar-refractivity contribution in [1.82, 2.24) is 10.1 Å². The van der Waals surface area contributed by atoms with Gasteiger partial charge in [0.25, 0.3) is 15.9 Å². The van der Waals surface area contributed by atoms with Crippen LogP contribution in [0.4, 0.5) is 15.8 Å². The van der Waals surface area contributed by atoms with E-state index in [9.17, 15) is 17.6 Å².